The molecule has 5 atom stereocenters. The highest BCUT2D eigenvalue weighted by atomic mass is 31.2. The summed E-state index contributed by atoms with van der Waals surface area (Å²) in [6.07, 6.45) is 5.10. The fourth-order valence-electron chi connectivity index (χ4n) is 3.44. The van der Waals surface area contributed by atoms with Crippen molar-refractivity contribution in [3.8, 4) is 12.3 Å². The van der Waals surface area contributed by atoms with Crippen molar-refractivity contribution in [1.82, 2.24) is 4.90 Å². The SMILES string of the molecule is C#C[C@]1(C)[C@@H]2O[P@@](=O)(OCCC(=O)OC(C)C)OC[C@H]2O[C@H]1N1C=CC(=O)CC1=O. The largest absolute Gasteiger partial charge is 0.475 e. The Labute approximate surface area is 174 Å². The third-order valence-electron chi connectivity index (χ3n) is 4.91. The van der Waals surface area contributed by atoms with Crippen LogP contribution in [0, 0.1) is 17.8 Å². The number of fused-ring (bicyclic) bond motifs is 1. The molecule has 3 aliphatic rings. The highest BCUT2D eigenvalue weighted by Gasteiger charge is 2.61. The summed E-state index contributed by atoms with van der Waals surface area (Å²) in [5.74, 6) is 1.30. The van der Waals surface area contributed by atoms with E-state index >= 15 is 0 Å². The lowest BCUT2D eigenvalue weighted by molar-refractivity contribution is -0.149. The Morgan fingerprint density at radius 2 is 2.20 bits per heavy atom. The van der Waals surface area contributed by atoms with Crippen molar-refractivity contribution in [3.63, 3.8) is 0 Å². The van der Waals surface area contributed by atoms with Crippen molar-refractivity contribution in [1.29, 1.82) is 0 Å². The molecule has 0 unspecified atom stereocenters. The Morgan fingerprint density at radius 1 is 1.47 bits per heavy atom. The molecule has 0 N–H and O–H groups in total. The lowest BCUT2D eigenvalue weighted by Crippen LogP contribution is -2.49. The highest BCUT2D eigenvalue weighted by Crippen LogP contribution is 2.59. The molecule has 0 saturated carbocycles. The summed E-state index contributed by atoms with van der Waals surface area (Å²) in [5, 5.41) is 0. The molecule has 0 aromatic carbocycles. The van der Waals surface area contributed by atoms with Gasteiger partial charge in [0.15, 0.2) is 12.0 Å². The molecule has 2 saturated heterocycles. The van der Waals surface area contributed by atoms with Crippen molar-refractivity contribution in [2.45, 2.75) is 58.2 Å². The average molecular weight is 441 g/mol. The van der Waals surface area contributed by atoms with Gasteiger partial charge in [0.05, 0.1) is 32.2 Å². The topological polar surface area (TPSA) is 118 Å². The number of amides is 1. The summed E-state index contributed by atoms with van der Waals surface area (Å²) in [4.78, 5) is 36.6. The van der Waals surface area contributed by atoms with Gasteiger partial charge in [-0.3, -0.25) is 32.9 Å². The minimum Gasteiger partial charge on any atom is -0.463 e. The second-order valence-electron chi connectivity index (χ2n) is 7.60. The van der Waals surface area contributed by atoms with E-state index in [1.54, 1.807) is 20.8 Å². The quantitative estimate of drug-likeness (QED) is 0.262. The zero-order valence-electron chi connectivity index (χ0n) is 16.9. The van der Waals surface area contributed by atoms with Crippen molar-refractivity contribution in [2.75, 3.05) is 13.2 Å². The summed E-state index contributed by atoms with van der Waals surface area (Å²) < 4.78 is 39.9. The number of terminal acetylenes is 1. The molecular weight excluding hydrogens is 417 g/mol. The van der Waals surface area contributed by atoms with Crippen LogP contribution in [0.15, 0.2) is 12.3 Å². The number of carbonyl (C=O) groups excluding carboxylic acids is 3. The lowest BCUT2D eigenvalue weighted by atomic mass is 9.82. The molecule has 0 radical (unpaired) electrons. The van der Waals surface area contributed by atoms with Gasteiger partial charge in [0, 0.05) is 6.20 Å². The van der Waals surface area contributed by atoms with Gasteiger partial charge in [-0.25, -0.2) is 4.57 Å². The van der Waals surface area contributed by atoms with Gasteiger partial charge >= 0.3 is 13.8 Å². The standard InChI is InChI=1S/C19H24NO9P/c1-5-19(4)17-14(28-18(19)20-8-6-13(21)10-15(20)22)11-26-30(24,29-17)25-9-7-16(23)27-12(2)3/h1,6,8,12,14,17-18H,7,9-11H2,2-4H3/t14-,17-,18-,19-,30+/m1/s1. The van der Waals surface area contributed by atoms with Gasteiger partial charge in [-0.15, -0.1) is 6.42 Å². The summed E-state index contributed by atoms with van der Waals surface area (Å²) >= 11 is 0. The summed E-state index contributed by atoms with van der Waals surface area (Å²) in [6, 6.07) is 0. The van der Waals surface area contributed by atoms with Gasteiger partial charge in [-0.1, -0.05) is 5.92 Å². The number of rotatable bonds is 6. The van der Waals surface area contributed by atoms with Gasteiger partial charge in [-0.05, 0) is 26.8 Å². The monoisotopic (exact) mass is 441 g/mol. The summed E-state index contributed by atoms with van der Waals surface area (Å²) in [5.41, 5.74) is -1.19. The number of hydrogen-bond acceptors (Lipinski definition) is 9. The first-order valence-electron chi connectivity index (χ1n) is 9.50. The van der Waals surface area contributed by atoms with Crippen LogP contribution in [0.3, 0.4) is 0 Å². The van der Waals surface area contributed by atoms with Crippen LogP contribution in [-0.4, -0.2) is 60.3 Å². The smallest absolute Gasteiger partial charge is 0.463 e. The van der Waals surface area contributed by atoms with Gasteiger partial charge in [0.1, 0.15) is 17.6 Å². The van der Waals surface area contributed by atoms with Crippen molar-refractivity contribution >= 4 is 25.5 Å². The number of ketones is 1. The van der Waals surface area contributed by atoms with Gasteiger partial charge in [0.25, 0.3) is 0 Å². The second-order valence-corrected chi connectivity index (χ2v) is 9.23. The van der Waals surface area contributed by atoms with Gasteiger partial charge in [-0.2, -0.15) is 0 Å². The van der Waals surface area contributed by atoms with E-state index in [1.165, 1.54) is 17.2 Å². The lowest BCUT2D eigenvalue weighted by Gasteiger charge is -2.37. The first-order chi connectivity index (χ1) is 14.1. The maximum absolute atomic E-state index is 12.9. The van der Waals surface area contributed by atoms with Crippen molar-refractivity contribution in [2.24, 2.45) is 5.41 Å². The van der Waals surface area contributed by atoms with E-state index in [0.29, 0.717) is 0 Å². The average Bonchev–Trinajstić information content (AvgIpc) is 2.93. The molecule has 3 aliphatic heterocycles. The molecule has 3 heterocycles. The predicted molar refractivity (Wildman–Crippen MR) is 101 cm³/mol. The molecule has 164 valence electrons. The Morgan fingerprint density at radius 3 is 2.83 bits per heavy atom. The molecule has 3 rings (SSSR count). The zero-order chi connectivity index (χ0) is 22.1. The molecule has 11 heteroatoms. The van der Waals surface area contributed by atoms with Gasteiger partial charge in [0.2, 0.25) is 5.91 Å². The van der Waals surface area contributed by atoms with E-state index in [9.17, 15) is 18.9 Å². The van der Waals surface area contributed by atoms with Crippen LogP contribution in [0.4, 0.5) is 0 Å². The first kappa shape index (κ1) is 22.7. The van der Waals surface area contributed by atoms with Crippen molar-refractivity contribution < 1.29 is 42.0 Å². The Kier molecular flexibility index (Phi) is 6.51. The predicted octanol–water partition coefficient (Wildman–Crippen LogP) is 1.55. The Balaban J connectivity index is 1.70. The molecule has 1 amide bonds. The Hall–Kier alpha value is -2.02. The fraction of sp³-hybridized carbons (Fsp3) is 0.632. The first-order valence-corrected chi connectivity index (χ1v) is 11.0. The molecule has 0 aromatic heterocycles. The van der Waals surface area contributed by atoms with Crippen LogP contribution in [0.5, 0.6) is 0 Å². The van der Waals surface area contributed by atoms with Crippen LogP contribution in [-0.2, 0) is 42.0 Å². The molecule has 0 spiro atoms. The number of carbonyl (C=O) groups is 3. The van der Waals surface area contributed by atoms with E-state index in [4.69, 9.17) is 29.5 Å². The van der Waals surface area contributed by atoms with E-state index < -0.39 is 43.6 Å². The fourth-order valence-corrected chi connectivity index (χ4v) is 4.91. The van der Waals surface area contributed by atoms with E-state index in [2.05, 4.69) is 5.92 Å². The third-order valence-corrected chi connectivity index (χ3v) is 6.36. The number of phosphoric ester groups is 1. The highest BCUT2D eigenvalue weighted by molar-refractivity contribution is 7.48. The number of phosphoric acid groups is 1. The molecule has 0 aromatic rings. The zero-order valence-corrected chi connectivity index (χ0v) is 17.8. The summed E-state index contributed by atoms with van der Waals surface area (Å²) in [7, 11) is -4.02. The maximum atomic E-state index is 12.9. The molecule has 0 bridgehead atoms. The molecule has 30 heavy (non-hydrogen) atoms. The maximum Gasteiger partial charge on any atom is 0.475 e. The second kappa shape index (κ2) is 8.61. The number of esters is 1. The molecule has 2 fully saturated rings. The number of allylic oxidation sites excluding steroid dienone is 1. The Bertz CT molecular complexity index is 847. The number of hydrogen-bond donors (Lipinski definition) is 0. The van der Waals surface area contributed by atoms with Crippen LogP contribution >= 0.6 is 7.82 Å². The van der Waals surface area contributed by atoms with Crippen LogP contribution in [0.2, 0.25) is 0 Å². The summed E-state index contributed by atoms with van der Waals surface area (Å²) in [6.45, 7) is 4.69. The van der Waals surface area contributed by atoms with E-state index in [0.717, 1.165) is 0 Å². The molecule has 10 nitrogen and oxygen atoms in total. The number of ether oxygens (including phenoxy) is 2. The molecular formula is C19H24NO9P. The van der Waals surface area contributed by atoms with E-state index in [-0.39, 0.29) is 37.9 Å². The third kappa shape index (κ3) is 4.51. The minimum atomic E-state index is -4.02. The number of nitrogens with zero attached hydrogens (tertiary/aromatic N) is 1. The van der Waals surface area contributed by atoms with Crippen LogP contribution in [0.25, 0.3) is 0 Å². The van der Waals surface area contributed by atoms with Gasteiger partial charge < -0.3 is 9.47 Å². The molecule has 0 aliphatic carbocycles. The minimum absolute atomic E-state index is 0.129. The van der Waals surface area contributed by atoms with Crippen LogP contribution < -0.4 is 0 Å². The van der Waals surface area contributed by atoms with Crippen molar-refractivity contribution in [3.05, 3.63) is 12.3 Å². The normalized spacial score (nSPS) is 36.0. The van der Waals surface area contributed by atoms with Crippen LogP contribution in [0.1, 0.15) is 33.6 Å². The van der Waals surface area contributed by atoms with E-state index in [1.807, 2.05) is 0 Å².